The lowest BCUT2D eigenvalue weighted by atomic mass is 9.86. The summed E-state index contributed by atoms with van der Waals surface area (Å²) in [6, 6.07) is 0.617. The number of hydrogen-bond acceptors (Lipinski definition) is 2. The molecule has 3 unspecified atom stereocenters. The summed E-state index contributed by atoms with van der Waals surface area (Å²) in [6.45, 7) is 11.0. The van der Waals surface area contributed by atoms with Crippen LogP contribution >= 0.6 is 0 Å². The van der Waals surface area contributed by atoms with E-state index < -0.39 is 0 Å². The topological polar surface area (TPSA) is 15.3 Å². The second-order valence-electron chi connectivity index (χ2n) is 6.88. The fraction of sp³-hybridized carbons (Fsp3) is 1.00. The Morgan fingerprint density at radius 3 is 2.19 bits per heavy atom. The maximum atomic E-state index is 3.49. The van der Waals surface area contributed by atoms with Gasteiger partial charge in [-0.25, -0.2) is 0 Å². The van der Waals surface area contributed by atoms with Gasteiger partial charge >= 0.3 is 0 Å². The first kappa shape index (κ1) is 12.4. The van der Waals surface area contributed by atoms with E-state index in [9.17, 15) is 0 Å². The lowest BCUT2D eigenvalue weighted by Crippen LogP contribution is -2.46. The van der Waals surface area contributed by atoms with Crippen molar-refractivity contribution < 1.29 is 0 Å². The fourth-order valence-electron chi connectivity index (χ4n) is 3.54. The Hall–Kier alpha value is -0.0800. The molecule has 2 aliphatic rings. The van der Waals surface area contributed by atoms with E-state index in [-0.39, 0.29) is 0 Å². The molecule has 1 N–H and O–H groups in total. The summed E-state index contributed by atoms with van der Waals surface area (Å²) in [5, 5.41) is 3.49. The largest absolute Gasteiger partial charge is 0.315 e. The van der Waals surface area contributed by atoms with E-state index in [0.717, 1.165) is 11.8 Å². The van der Waals surface area contributed by atoms with E-state index in [1.165, 1.54) is 38.9 Å². The highest BCUT2D eigenvalue weighted by Gasteiger charge is 2.37. The maximum Gasteiger partial charge on any atom is 0.0240 e. The fourth-order valence-corrected chi connectivity index (χ4v) is 3.54. The van der Waals surface area contributed by atoms with Crippen LogP contribution < -0.4 is 5.32 Å². The molecule has 0 spiro atoms. The molecule has 94 valence electrons. The second kappa shape index (κ2) is 4.66. The van der Waals surface area contributed by atoms with Gasteiger partial charge in [0.15, 0.2) is 0 Å². The third-order valence-electron chi connectivity index (χ3n) is 4.64. The highest BCUT2D eigenvalue weighted by molar-refractivity contribution is 4.91. The lowest BCUT2D eigenvalue weighted by molar-refractivity contribution is 0.194. The highest BCUT2D eigenvalue weighted by atomic mass is 15.2. The summed E-state index contributed by atoms with van der Waals surface area (Å²) in [7, 11) is 2.10. The molecule has 1 saturated carbocycles. The van der Waals surface area contributed by atoms with Gasteiger partial charge < -0.3 is 10.2 Å². The Morgan fingerprint density at radius 2 is 1.75 bits per heavy atom. The molecule has 1 aliphatic carbocycles. The molecule has 0 aromatic carbocycles. The van der Waals surface area contributed by atoms with Crippen molar-refractivity contribution in [1.82, 2.24) is 10.2 Å². The van der Waals surface area contributed by atoms with Gasteiger partial charge in [0, 0.05) is 25.7 Å². The lowest BCUT2D eigenvalue weighted by Gasteiger charge is -2.34. The van der Waals surface area contributed by atoms with E-state index in [1.54, 1.807) is 0 Å². The highest BCUT2D eigenvalue weighted by Crippen LogP contribution is 2.38. The van der Waals surface area contributed by atoms with Crippen molar-refractivity contribution in [3.05, 3.63) is 0 Å². The van der Waals surface area contributed by atoms with Gasteiger partial charge in [-0.05, 0) is 37.1 Å². The number of fused-ring (bicyclic) bond motifs is 1. The molecule has 0 aromatic heterocycles. The Balaban J connectivity index is 1.86. The second-order valence-corrected chi connectivity index (χ2v) is 6.88. The van der Waals surface area contributed by atoms with Gasteiger partial charge in [0.25, 0.3) is 0 Å². The van der Waals surface area contributed by atoms with Crippen LogP contribution in [0.15, 0.2) is 0 Å². The minimum absolute atomic E-state index is 0.368. The summed E-state index contributed by atoms with van der Waals surface area (Å²) in [5.41, 5.74) is 0.368. The minimum atomic E-state index is 0.368. The molecule has 2 fully saturated rings. The molecule has 2 rings (SSSR count). The minimum Gasteiger partial charge on any atom is -0.315 e. The van der Waals surface area contributed by atoms with Gasteiger partial charge in [-0.1, -0.05) is 27.2 Å². The van der Waals surface area contributed by atoms with Crippen molar-refractivity contribution in [3.8, 4) is 0 Å². The first-order valence-electron chi connectivity index (χ1n) is 6.90. The van der Waals surface area contributed by atoms with Crippen LogP contribution in [0.4, 0.5) is 0 Å². The predicted molar refractivity (Wildman–Crippen MR) is 69.6 cm³/mol. The van der Waals surface area contributed by atoms with Crippen molar-refractivity contribution in [2.45, 2.75) is 46.1 Å². The van der Waals surface area contributed by atoms with E-state index in [1.807, 2.05) is 0 Å². The van der Waals surface area contributed by atoms with Crippen LogP contribution in [0.1, 0.15) is 40.0 Å². The van der Waals surface area contributed by atoms with E-state index in [0.29, 0.717) is 11.5 Å². The Bertz CT molecular complexity index is 219. The normalized spacial score (nSPS) is 33.0. The Morgan fingerprint density at radius 1 is 1.19 bits per heavy atom. The van der Waals surface area contributed by atoms with Crippen molar-refractivity contribution >= 4 is 0 Å². The van der Waals surface area contributed by atoms with Crippen LogP contribution in [-0.2, 0) is 0 Å². The predicted octanol–water partition coefficient (Wildman–Crippen LogP) is 2.35. The van der Waals surface area contributed by atoms with Crippen molar-refractivity contribution in [2.24, 2.45) is 17.3 Å². The molecule has 2 nitrogen and oxygen atoms in total. The average molecular weight is 224 g/mol. The summed E-state index contributed by atoms with van der Waals surface area (Å²) in [5.74, 6) is 2.05. The molecular formula is C14H28N2. The third kappa shape index (κ3) is 2.60. The Kier molecular flexibility index (Phi) is 3.60. The standard InChI is InChI=1S/C14H28N2/c1-14(2,3)13(15-4)10-16-8-11-6-5-7-12(11)9-16/h11-13,15H,5-10H2,1-4H3. The maximum absolute atomic E-state index is 3.49. The number of likely N-dealkylation sites (tertiary alicyclic amines) is 1. The van der Waals surface area contributed by atoms with Crippen LogP contribution in [0.2, 0.25) is 0 Å². The third-order valence-corrected chi connectivity index (χ3v) is 4.64. The summed E-state index contributed by atoms with van der Waals surface area (Å²) < 4.78 is 0. The smallest absolute Gasteiger partial charge is 0.0240 e. The van der Waals surface area contributed by atoms with Gasteiger partial charge in [0.05, 0.1) is 0 Å². The molecule has 1 heterocycles. The van der Waals surface area contributed by atoms with Crippen molar-refractivity contribution in [3.63, 3.8) is 0 Å². The molecule has 0 radical (unpaired) electrons. The summed E-state index contributed by atoms with van der Waals surface area (Å²) in [4.78, 5) is 2.70. The van der Waals surface area contributed by atoms with Crippen LogP contribution in [0.25, 0.3) is 0 Å². The monoisotopic (exact) mass is 224 g/mol. The van der Waals surface area contributed by atoms with Crippen LogP contribution in [0, 0.1) is 17.3 Å². The zero-order chi connectivity index (χ0) is 11.8. The van der Waals surface area contributed by atoms with E-state index in [4.69, 9.17) is 0 Å². The van der Waals surface area contributed by atoms with Crippen LogP contribution in [0.3, 0.4) is 0 Å². The molecule has 0 amide bonds. The quantitative estimate of drug-likeness (QED) is 0.791. The molecule has 0 aromatic rings. The number of nitrogens with zero attached hydrogens (tertiary/aromatic N) is 1. The number of likely N-dealkylation sites (N-methyl/N-ethyl adjacent to an activating group) is 1. The van der Waals surface area contributed by atoms with Gasteiger partial charge in [0.1, 0.15) is 0 Å². The average Bonchev–Trinajstić information content (AvgIpc) is 2.71. The number of hydrogen-bond donors (Lipinski definition) is 1. The van der Waals surface area contributed by atoms with Gasteiger partial charge in [-0.2, -0.15) is 0 Å². The Labute approximate surface area is 101 Å². The van der Waals surface area contributed by atoms with Crippen LogP contribution in [0.5, 0.6) is 0 Å². The van der Waals surface area contributed by atoms with Crippen molar-refractivity contribution in [1.29, 1.82) is 0 Å². The summed E-state index contributed by atoms with van der Waals surface area (Å²) in [6.07, 6.45) is 4.46. The van der Waals surface area contributed by atoms with Gasteiger partial charge in [0.2, 0.25) is 0 Å². The molecule has 0 bridgehead atoms. The number of nitrogens with one attached hydrogen (secondary N) is 1. The molecular weight excluding hydrogens is 196 g/mol. The molecule has 3 atom stereocenters. The van der Waals surface area contributed by atoms with E-state index >= 15 is 0 Å². The first-order valence-corrected chi connectivity index (χ1v) is 6.90. The summed E-state index contributed by atoms with van der Waals surface area (Å²) >= 11 is 0. The molecule has 1 aliphatic heterocycles. The molecule has 16 heavy (non-hydrogen) atoms. The first-order chi connectivity index (χ1) is 7.50. The molecule has 2 heteroatoms. The van der Waals surface area contributed by atoms with E-state index in [2.05, 4.69) is 38.0 Å². The zero-order valence-corrected chi connectivity index (χ0v) is 11.4. The zero-order valence-electron chi connectivity index (χ0n) is 11.4. The number of rotatable bonds is 3. The van der Waals surface area contributed by atoms with Gasteiger partial charge in [-0.3, -0.25) is 0 Å². The van der Waals surface area contributed by atoms with Gasteiger partial charge in [-0.15, -0.1) is 0 Å². The SMILES string of the molecule is CNC(CN1CC2CCCC2C1)C(C)(C)C. The molecule has 1 saturated heterocycles. The van der Waals surface area contributed by atoms with Crippen LogP contribution in [-0.4, -0.2) is 37.6 Å². The van der Waals surface area contributed by atoms with Crippen molar-refractivity contribution in [2.75, 3.05) is 26.7 Å².